The lowest BCUT2D eigenvalue weighted by Gasteiger charge is -2.27. The summed E-state index contributed by atoms with van der Waals surface area (Å²) in [5.41, 5.74) is 3.04. The van der Waals surface area contributed by atoms with E-state index in [-0.39, 0.29) is 11.1 Å². The number of hydrogen-bond donors (Lipinski definition) is 1. The Hall–Kier alpha value is -0.790. The molecule has 0 aliphatic carbocycles. The number of hydrogen-bond acceptors (Lipinski definition) is 5. The molecule has 1 N–H and O–H groups in total. The van der Waals surface area contributed by atoms with E-state index in [0.29, 0.717) is 25.9 Å². The highest BCUT2D eigenvalue weighted by Gasteiger charge is 2.18. The van der Waals surface area contributed by atoms with E-state index in [4.69, 9.17) is 11.6 Å². The van der Waals surface area contributed by atoms with Crippen LogP contribution in [0.2, 0.25) is 0 Å². The second-order valence-electron chi connectivity index (χ2n) is 3.81. The van der Waals surface area contributed by atoms with Crippen molar-refractivity contribution in [1.29, 1.82) is 0 Å². The van der Waals surface area contributed by atoms with Crippen molar-refractivity contribution in [3.63, 3.8) is 0 Å². The van der Waals surface area contributed by atoms with Gasteiger partial charge in [0.05, 0.1) is 6.26 Å². The maximum absolute atomic E-state index is 11.1. The van der Waals surface area contributed by atoms with Crippen molar-refractivity contribution in [2.75, 3.05) is 19.3 Å². The Morgan fingerprint density at radius 2 is 1.94 bits per heavy atom. The van der Waals surface area contributed by atoms with E-state index in [0.717, 1.165) is 11.8 Å². The number of halogens is 1. The van der Waals surface area contributed by atoms with Gasteiger partial charge in [0.25, 0.3) is 10.1 Å². The standard InChI is InChI=1S/C9H15ClN2O4S/c1-7(13)12-5-3-8(4-6-12)9(10)11-16-17(2,14)15/h11H,3-6H2,1-2H3. The van der Waals surface area contributed by atoms with Crippen LogP contribution < -0.4 is 5.48 Å². The summed E-state index contributed by atoms with van der Waals surface area (Å²) in [5, 5.41) is 0.179. The third kappa shape index (κ3) is 4.93. The van der Waals surface area contributed by atoms with Gasteiger partial charge in [-0.1, -0.05) is 11.6 Å². The summed E-state index contributed by atoms with van der Waals surface area (Å²) >= 11 is 5.87. The van der Waals surface area contributed by atoms with E-state index in [1.54, 1.807) is 4.90 Å². The highest BCUT2D eigenvalue weighted by Crippen LogP contribution is 2.21. The molecule has 1 amide bonds. The average Bonchev–Trinajstić information content (AvgIpc) is 2.25. The molecule has 1 saturated heterocycles. The monoisotopic (exact) mass is 282 g/mol. The summed E-state index contributed by atoms with van der Waals surface area (Å²) in [4.78, 5) is 12.8. The molecule has 0 bridgehead atoms. The van der Waals surface area contributed by atoms with Gasteiger partial charge in [-0.2, -0.15) is 12.7 Å². The Bertz CT molecular complexity index is 422. The first kappa shape index (κ1) is 14.3. The fourth-order valence-corrected chi connectivity index (χ4v) is 2.00. The molecule has 6 nitrogen and oxygen atoms in total. The predicted molar refractivity (Wildman–Crippen MR) is 63.4 cm³/mol. The molecule has 1 rings (SSSR count). The van der Waals surface area contributed by atoms with Crippen LogP contribution in [0.4, 0.5) is 0 Å². The summed E-state index contributed by atoms with van der Waals surface area (Å²) in [7, 11) is -3.58. The lowest BCUT2D eigenvalue weighted by Crippen LogP contribution is -2.35. The number of piperidine rings is 1. The van der Waals surface area contributed by atoms with E-state index in [9.17, 15) is 13.2 Å². The maximum atomic E-state index is 11.1. The molecule has 0 atom stereocenters. The van der Waals surface area contributed by atoms with Crippen LogP contribution in [0.1, 0.15) is 19.8 Å². The molecule has 0 unspecified atom stereocenters. The predicted octanol–water partition coefficient (Wildman–Crippen LogP) is 0.560. The van der Waals surface area contributed by atoms with Crippen LogP contribution in [-0.4, -0.2) is 38.6 Å². The first-order chi connectivity index (χ1) is 7.79. The van der Waals surface area contributed by atoms with Crippen LogP contribution in [0, 0.1) is 0 Å². The molecule has 98 valence electrons. The molecule has 0 radical (unpaired) electrons. The lowest BCUT2D eigenvalue weighted by molar-refractivity contribution is -0.129. The topological polar surface area (TPSA) is 75.7 Å². The van der Waals surface area contributed by atoms with Crippen molar-refractivity contribution in [2.24, 2.45) is 0 Å². The summed E-state index contributed by atoms with van der Waals surface area (Å²) in [6.45, 7) is 2.68. The normalized spacial score (nSPS) is 16.9. The molecule has 0 saturated carbocycles. The van der Waals surface area contributed by atoms with Gasteiger partial charge in [-0.05, 0) is 18.4 Å². The van der Waals surface area contributed by atoms with Crippen molar-refractivity contribution in [2.45, 2.75) is 19.8 Å². The third-order valence-corrected chi connectivity index (χ3v) is 3.14. The summed E-state index contributed by atoms with van der Waals surface area (Å²) in [6, 6.07) is 0. The molecule has 0 aromatic heterocycles. The number of carbonyl (C=O) groups is 1. The smallest absolute Gasteiger partial charge is 0.284 e. The Balaban J connectivity index is 2.53. The first-order valence-electron chi connectivity index (χ1n) is 5.07. The van der Waals surface area contributed by atoms with Gasteiger partial charge in [-0.25, -0.2) is 5.48 Å². The van der Waals surface area contributed by atoms with Gasteiger partial charge in [0.15, 0.2) is 0 Å². The zero-order valence-corrected chi connectivity index (χ0v) is 11.3. The quantitative estimate of drug-likeness (QED) is 0.605. The van der Waals surface area contributed by atoms with Crippen molar-refractivity contribution < 1.29 is 17.5 Å². The Kier molecular flexibility index (Phi) is 4.79. The van der Waals surface area contributed by atoms with Crippen LogP contribution in [0.25, 0.3) is 0 Å². The van der Waals surface area contributed by atoms with Crippen LogP contribution in [0.3, 0.4) is 0 Å². The van der Waals surface area contributed by atoms with Gasteiger partial charge in [-0.3, -0.25) is 4.79 Å². The molecule has 1 aliphatic rings. The summed E-state index contributed by atoms with van der Waals surface area (Å²) in [5.74, 6) is 0.0283. The average molecular weight is 283 g/mol. The van der Waals surface area contributed by atoms with Crippen molar-refractivity contribution in [3.8, 4) is 0 Å². The maximum Gasteiger partial charge on any atom is 0.284 e. The van der Waals surface area contributed by atoms with Crippen molar-refractivity contribution in [1.82, 2.24) is 10.4 Å². The fourth-order valence-electron chi connectivity index (χ4n) is 1.50. The van der Waals surface area contributed by atoms with Crippen LogP contribution in [0.5, 0.6) is 0 Å². The van der Waals surface area contributed by atoms with Gasteiger partial charge in [0.1, 0.15) is 5.16 Å². The van der Waals surface area contributed by atoms with E-state index in [1.807, 2.05) is 0 Å². The zero-order valence-electron chi connectivity index (χ0n) is 9.69. The first-order valence-corrected chi connectivity index (χ1v) is 7.26. The van der Waals surface area contributed by atoms with Gasteiger partial charge in [0.2, 0.25) is 5.91 Å². The number of nitrogens with zero attached hydrogens (tertiary/aromatic N) is 1. The van der Waals surface area contributed by atoms with Gasteiger partial charge >= 0.3 is 0 Å². The number of rotatable bonds is 3. The SMILES string of the molecule is CC(=O)N1CCC(=C(Cl)NOS(C)(=O)=O)CC1. The lowest BCUT2D eigenvalue weighted by atomic mass is 10.1. The highest BCUT2D eigenvalue weighted by atomic mass is 35.5. The molecule has 1 fully saturated rings. The minimum atomic E-state index is -3.58. The minimum absolute atomic E-state index is 0.0283. The Labute approximate surface area is 106 Å². The third-order valence-electron chi connectivity index (χ3n) is 2.41. The minimum Gasteiger partial charge on any atom is -0.342 e. The van der Waals surface area contributed by atoms with Crippen molar-refractivity contribution >= 4 is 27.6 Å². The molecule has 17 heavy (non-hydrogen) atoms. The molecule has 1 aliphatic heterocycles. The number of hydroxylamine groups is 1. The molecule has 8 heteroatoms. The molecular weight excluding hydrogens is 268 g/mol. The van der Waals surface area contributed by atoms with Crippen LogP contribution in [0.15, 0.2) is 10.7 Å². The highest BCUT2D eigenvalue weighted by molar-refractivity contribution is 7.85. The Morgan fingerprint density at radius 3 is 2.35 bits per heavy atom. The van der Waals surface area contributed by atoms with E-state index >= 15 is 0 Å². The number of carbonyl (C=O) groups excluding carboxylic acids is 1. The number of nitrogens with one attached hydrogen (secondary N) is 1. The molecular formula is C9H15ClN2O4S. The van der Waals surface area contributed by atoms with Gasteiger partial charge in [0, 0.05) is 20.0 Å². The zero-order chi connectivity index (χ0) is 13.1. The van der Waals surface area contributed by atoms with Crippen LogP contribution in [-0.2, 0) is 19.2 Å². The molecule has 0 spiro atoms. The van der Waals surface area contributed by atoms with Crippen molar-refractivity contribution in [3.05, 3.63) is 10.7 Å². The summed E-state index contributed by atoms with van der Waals surface area (Å²) < 4.78 is 25.9. The number of likely N-dealkylation sites (tertiary alicyclic amines) is 1. The van der Waals surface area contributed by atoms with E-state index in [2.05, 4.69) is 9.76 Å². The fraction of sp³-hybridized carbons (Fsp3) is 0.667. The van der Waals surface area contributed by atoms with Crippen LogP contribution >= 0.6 is 11.6 Å². The van der Waals surface area contributed by atoms with Gasteiger partial charge < -0.3 is 4.90 Å². The number of amides is 1. The second-order valence-corrected chi connectivity index (χ2v) is 5.77. The molecule has 0 aromatic carbocycles. The van der Waals surface area contributed by atoms with E-state index in [1.165, 1.54) is 6.92 Å². The molecule has 0 aromatic rings. The second kappa shape index (κ2) is 5.70. The largest absolute Gasteiger partial charge is 0.342 e. The van der Waals surface area contributed by atoms with Gasteiger partial charge in [-0.15, -0.1) is 0 Å². The van der Waals surface area contributed by atoms with E-state index < -0.39 is 10.1 Å². The molecule has 1 heterocycles. The summed E-state index contributed by atoms with van der Waals surface area (Å²) in [6.07, 6.45) is 2.14. The Morgan fingerprint density at radius 1 is 1.41 bits per heavy atom.